The first kappa shape index (κ1) is 19.0. The van der Waals surface area contributed by atoms with E-state index >= 15 is 0 Å². The molecule has 10 heteroatoms. The molecule has 9 nitrogen and oxygen atoms in total. The second kappa shape index (κ2) is 7.61. The van der Waals surface area contributed by atoms with Gasteiger partial charge >= 0.3 is 0 Å². The Labute approximate surface area is 165 Å². The largest absolute Gasteiger partial charge is 0.387 e. The molecule has 5 atom stereocenters. The lowest BCUT2D eigenvalue weighted by molar-refractivity contribution is -0.0788. The molecule has 1 saturated heterocycles. The Hall–Kier alpha value is -2.30. The summed E-state index contributed by atoms with van der Waals surface area (Å²) in [6.45, 7) is 1.99. The normalized spacial score (nSPS) is 26.0. The first-order valence-electron chi connectivity index (χ1n) is 8.77. The SMILES string of the molecule is C[C@H](OC[C@H]1O[C@@H](n2cnc3c(N)ncnc32)[C@H](O)[C@@H]1O)c1ccc(Cl)cc1. The predicted octanol–water partition coefficient (Wildman–Crippen LogP) is 1.46. The number of fused-ring (bicyclic) bond motifs is 1. The minimum absolute atomic E-state index is 0.0995. The smallest absolute Gasteiger partial charge is 0.167 e. The van der Waals surface area contributed by atoms with Gasteiger partial charge < -0.3 is 25.4 Å². The monoisotopic (exact) mass is 405 g/mol. The standard InChI is InChI=1S/C18H20ClN5O4/c1-9(10-2-4-11(19)5-3-10)27-6-12-14(25)15(26)18(28-12)24-8-23-13-16(20)21-7-22-17(13)24/h2-5,7-9,12,14-15,18,25-26H,6H2,1H3,(H2,20,21,22)/t9-,12+,14+,15+,18+/m0/s1. The molecule has 0 saturated carbocycles. The van der Waals surface area contributed by atoms with E-state index < -0.39 is 24.5 Å². The first-order valence-corrected chi connectivity index (χ1v) is 9.15. The topological polar surface area (TPSA) is 129 Å². The minimum Gasteiger partial charge on any atom is -0.387 e. The van der Waals surface area contributed by atoms with Crippen LogP contribution in [0.1, 0.15) is 24.8 Å². The third-order valence-electron chi connectivity index (χ3n) is 4.85. The molecule has 0 amide bonds. The number of benzene rings is 1. The van der Waals surface area contributed by atoms with Gasteiger partial charge in [-0.25, -0.2) is 15.0 Å². The van der Waals surface area contributed by atoms with Crippen molar-refractivity contribution in [3.05, 3.63) is 47.5 Å². The van der Waals surface area contributed by atoms with E-state index in [1.807, 2.05) is 19.1 Å². The van der Waals surface area contributed by atoms with E-state index in [1.165, 1.54) is 17.2 Å². The molecule has 1 aromatic carbocycles. The summed E-state index contributed by atoms with van der Waals surface area (Å²) in [4.78, 5) is 12.2. The molecular weight excluding hydrogens is 386 g/mol. The maximum absolute atomic E-state index is 10.5. The molecule has 0 aliphatic carbocycles. The third kappa shape index (κ3) is 3.43. The second-order valence-corrected chi connectivity index (χ2v) is 7.09. The van der Waals surface area contributed by atoms with Crippen LogP contribution in [0.2, 0.25) is 5.02 Å². The quantitative estimate of drug-likeness (QED) is 0.581. The number of nitrogens with zero attached hydrogens (tertiary/aromatic N) is 4. The average molecular weight is 406 g/mol. The highest BCUT2D eigenvalue weighted by Gasteiger charge is 2.44. The first-order chi connectivity index (χ1) is 13.5. The molecule has 3 heterocycles. The van der Waals surface area contributed by atoms with Crippen LogP contribution in [-0.2, 0) is 9.47 Å². The highest BCUT2D eigenvalue weighted by molar-refractivity contribution is 6.30. The number of hydrogen-bond acceptors (Lipinski definition) is 8. The Kier molecular flexibility index (Phi) is 5.17. The Morgan fingerprint density at radius 2 is 1.96 bits per heavy atom. The number of anilines is 1. The Morgan fingerprint density at radius 3 is 2.71 bits per heavy atom. The van der Waals surface area contributed by atoms with Crippen LogP contribution in [0.4, 0.5) is 5.82 Å². The molecule has 0 unspecified atom stereocenters. The van der Waals surface area contributed by atoms with Crippen LogP contribution in [0.5, 0.6) is 0 Å². The molecule has 1 aliphatic rings. The number of nitrogen functional groups attached to an aromatic ring is 1. The van der Waals surface area contributed by atoms with Crippen molar-refractivity contribution in [3.8, 4) is 0 Å². The van der Waals surface area contributed by atoms with Crippen molar-refractivity contribution in [2.45, 2.75) is 37.6 Å². The molecule has 2 aromatic heterocycles. The Morgan fingerprint density at radius 1 is 1.21 bits per heavy atom. The molecule has 28 heavy (non-hydrogen) atoms. The van der Waals surface area contributed by atoms with Crippen molar-refractivity contribution in [3.63, 3.8) is 0 Å². The van der Waals surface area contributed by atoms with Crippen LogP contribution in [0, 0.1) is 0 Å². The van der Waals surface area contributed by atoms with Crippen LogP contribution in [0.25, 0.3) is 11.2 Å². The van der Waals surface area contributed by atoms with Gasteiger partial charge in [-0.2, -0.15) is 0 Å². The van der Waals surface area contributed by atoms with Crippen LogP contribution < -0.4 is 5.73 Å². The zero-order valence-corrected chi connectivity index (χ0v) is 15.8. The van der Waals surface area contributed by atoms with Gasteiger partial charge in [0.15, 0.2) is 17.7 Å². The van der Waals surface area contributed by atoms with Crippen molar-refractivity contribution in [2.24, 2.45) is 0 Å². The molecular formula is C18H20ClN5O4. The number of aliphatic hydroxyl groups excluding tert-OH is 2. The molecule has 3 aromatic rings. The van der Waals surface area contributed by atoms with E-state index in [2.05, 4.69) is 15.0 Å². The molecule has 4 N–H and O–H groups in total. The fourth-order valence-corrected chi connectivity index (χ4v) is 3.35. The summed E-state index contributed by atoms with van der Waals surface area (Å²) in [5.41, 5.74) is 7.56. The fourth-order valence-electron chi connectivity index (χ4n) is 3.22. The fraction of sp³-hybridized carbons (Fsp3) is 0.389. The van der Waals surface area contributed by atoms with Gasteiger partial charge in [0, 0.05) is 5.02 Å². The molecule has 0 bridgehead atoms. The van der Waals surface area contributed by atoms with Gasteiger partial charge in [-0.15, -0.1) is 0 Å². The van der Waals surface area contributed by atoms with Gasteiger partial charge in [0.05, 0.1) is 19.0 Å². The van der Waals surface area contributed by atoms with Gasteiger partial charge in [0.1, 0.15) is 30.2 Å². The van der Waals surface area contributed by atoms with Gasteiger partial charge in [-0.05, 0) is 24.6 Å². The highest BCUT2D eigenvalue weighted by Crippen LogP contribution is 2.33. The number of imidazole rings is 1. The van der Waals surface area contributed by atoms with Crippen LogP contribution in [0.3, 0.4) is 0 Å². The van der Waals surface area contributed by atoms with E-state index in [9.17, 15) is 10.2 Å². The Balaban J connectivity index is 1.47. The van der Waals surface area contributed by atoms with E-state index in [0.717, 1.165) is 5.56 Å². The van der Waals surface area contributed by atoms with E-state index in [0.29, 0.717) is 16.2 Å². The van der Waals surface area contributed by atoms with E-state index in [4.69, 9.17) is 26.8 Å². The van der Waals surface area contributed by atoms with Gasteiger partial charge in [0.2, 0.25) is 0 Å². The van der Waals surface area contributed by atoms with Gasteiger partial charge in [-0.1, -0.05) is 23.7 Å². The van der Waals surface area contributed by atoms with Gasteiger partial charge in [0.25, 0.3) is 0 Å². The predicted molar refractivity (Wildman–Crippen MR) is 101 cm³/mol. The van der Waals surface area contributed by atoms with E-state index in [-0.39, 0.29) is 18.5 Å². The maximum atomic E-state index is 10.5. The third-order valence-corrected chi connectivity index (χ3v) is 5.10. The number of hydrogen-bond donors (Lipinski definition) is 3. The maximum Gasteiger partial charge on any atom is 0.167 e. The van der Waals surface area contributed by atoms with Crippen molar-refractivity contribution in [2.75, 3.05) is 12.3 Å². The molecule has 1 fully saturated rings. The van der Waals surface area contributed by atoms with Crippen molar-refractivity contribution in [1.29, 1.82) is 0 Å². The number of ether oxygens (including phenoxy) is 2. The molecule has 1 aliphatic heterocycles. The van der Waals surface area contributed by atoms with Crippen LogP contribution in [0.15, 0.2) is 36.9 Å². The summed E-state index contributed by atoms with van der Waals surface area (Å²) in [6.07, 6.45) is -1.35. The highest BCUT2D eigenvalue weighted by atomic mass is 35.5. The lowest BCUT2D eigenvalue weighted by Crippen LogP contribution is -2.34. The average Bonchev–Trinajstić information content (AvgIpc) is 3.23. The van der Waals surface area contributed by atoms with Crippen molar-refractivity contribution >= 4 is 28.6 Å². The number of aromatic nitrogens is 4. The summed E-state index contributed by atoms with van der Waals surface area (Å²) >= 11 is 5.90. The van der Waals surface area contributed by atoms with Crippen LogP contribution >= 0.6 is 11.6 Å². The van der Waals surface area contributed by atoms with E-state index in [1.54, 1.807) is 12.1 Å². The minimum atomic E-state index is -1.17. The lowest BCUT2D eigenvalue weighted by atomic mass is 10.1. The Bertz CT molecular complexity index is 966. The summed E-state index contributed by atoms with van der Waals surface area (Å²) in [5.74, 6) is 0.230. The zero-order chi connectivity index (χ0) is 19.8. The number of nitrogens with two attached hydrogens (primary N) is 1. The lowest BCUT2D eigenvalue weighted by Gasteiger charge is -2.19. The van der Waals surface area contributed by atoms with Crippen molar-refractivity contribution < 1.29 is 19.7 Å². The molecule has 0 spiro atoms. The summed E-state index contributed by atoms with van der Waals surface area (Å²) in [6, 6.07) is 7.32. The number of halogens is 1. The zero-order valence-electron chi connectivity index (χ0n) is 15.0. The summed E-state index contributed by atoms with van der Waals surface area (Å²) in [5, 5.41) is 21.5. The summed E-state index contributed by atoms with van der Waals surface area (Å²) in [7, 11) is 0. The number of rotatable bonds is 5. The molecule has 148 valence electrons. The molecule has 0 radical (unpaired) electrons. The summed E-state index contributed by atoms with van der Waals surface area (Å²) < 4.78 is 13.2. The second-order valence-electron chi connectivity index (χ2n) is 6.66. The van der Waals surface area contributed by atoms with Gasteiger partial charge in [-0.3, -0.25) is 4.57 Å². The number of aliphatic hydroxyl groups is 2. The van der Waals surface area contributed by atoms with Crippen molar-refractivity contribution in [1.82, 2.24) is 19.5 Å². The molecule has 4 rings (SSSR count). The van der Waals surface area contributed by atoms with Crippen LogP contribution in [-0.4, -0.2) is 54.7 Å².